The third-order valence-corrected chi connectivity index (χ3v) is 7.43. The van der Waals surface area contributed by atoms with E-state index in [9.17, 15) is 23.6 Å². The van der Waals surface area contributed by atoms with E-state index < -0.39 is 40.7 Å². The molecule has 0 fully saturated rings. The number of ether oxygens (including phenoxy) is 2. The molecule has 0 saturated carbocycles. The van der Waals surface area contributed by atoms with Crippen molar-refractivity contribution in [1.29, 1.82) is 0 Å². The summed E-state index contributed by atoms with van der Waals surface area (Å²) in [6, 6.07) is 20.0. The molecule has 1 N–H and O–H groups in total. The van der Waals surface area contributed by atoms with Gasteiger partial charge in [-0.25, -0.2) is 19.0 Å². The minimum absolute atomic E-state index is 0.0234. The summed E-state index contributed by atoms with van der Waals surface area (Å²) >= 11 is 0. The number of aryl methyl sites for hydroxylation is 1. The van der Waals surface area contributed by atoms with Gasteiger partial charge in [0.2, 0.25) is 0 Å². The van der Waals surface area contributed by atoms with Crippen molar-refractivity contribution in [3.05, 3.63) is 123 Å². The fraction of sp³-hybridized carbons (Fsp3) is 0.316. The van der Waals surface area contributed by atoms with Crippen LogP contribution in [0.3, 0.4) is 0 Å². The Morgan fingerprint density at radius 3 is 2.14 bits per heavy atom. The molecule has 0 bridgehead atoms. The number of fused-ring (bicyclic) bond motifs is 1. The van der Waals surface area contributed by atoms with E-state index >= 15 is 0 Å². The Balaban J connectivity index is 1.50. The van der Waals surface area contributed by atoms with Crippen molar-refractivity contribution in [2.24, 2.45) is 0 Å². The topological polar surface area (TPSA) is 140 Å². The molecule has 3 amide bonds. The van der Waals surface area contributed by atoms with Crippen molar-refractivity contribution >= 4 is 34.9 Å². The summed E-state index contributed by atoms with van der Waals surface area (Å²) in [6.07, 6.45) is -0.800. The number of imide groups is 1. The first-order valence-electron chi connectivity index (χ1n) is 16.4. The highest BCUT2D eigenvalue weighted by atomic mass is 19.1. The molecule has 4 aromatic heterocycles. The summed E-state index contributed by atoms with van der Waals surface area (Å²) < 4.78 is 26.0. The highest BCUT2D eigenvalue weighted by Crippen LogP contribution is 2.27. The lowest BCUT2D eigenvalue weighted by Crippen LogP contribution is -2.44. The van der Waals surface area contributed by atoms with Crippen LogP contribution in [0.25, 0.3) is 11.0 Å². The molecule has 4 heterocycles. The number of halogens is 1. The van der Waals surface area contributed by atoms with E-state index in [0.717, 1.165) is 16.7 Å². The largest absolute Gasteiger partial charge is 0.443 e. The number of carbonyl (C=O) groups excluding carboxylic acids is 3. The Morgan fingerprint density at radius 2 is 1.53 bits per heavy atom. The monoisotopic (exact) mass is 696 g/mol. The molecule has 12 nitrogen and oxygen atoms in total. The molecule has 51 heavy (non-hydrogen) atoms. The third kappa shape index (κ3) is 9.24. The van der Waals surface area contributed by atoms with E-state index in [2.05, 4.69) is 15.0 Å². The molecule has 266 valence electrons. The van der Waals surface area contributed by atoms with Gasteiger partial charge in [-0.2, -0.15) is 4.90 Å². The molecule has 5 aromatic rings. The van der Waals surface area contributed by atoms with Crippen molar-refractivity contribution < 1.29 is 28.2 Å². The predicted octanol–water partition coefficient (Wildman–Crippen LogP) is 7.13. The first-order valence-corrected chi connectivity index (χ1v) is 16.4. The molecule has 0 spiro atoms. The van der Waals surface area contributed by atoms with Gasteiger partial charge in [0.15, 0.2) is 5.82 Å². The van der Waals surface area contributed by atoms with Gasteiger partial charge in [-0.05, 0) is 89.9 Å². The maximum Gasteiger partial charge on any atom is 0.425 e. The molecule has 0 radical (unpaired) electrons. The molecular weight excluding hydrogens is 655 g/mol. The number of amides is 3. The number of nitrogens with one attached hydrogen (secondary N) is 1. The molecule has 5 rings (SSSR count). The lowest BCUT2D eigenvalue weighted by molar-refractivity contribution is 0.0428. The van der Waals surface area contributed by atoms with Crippen molar-refractivity contribution in [2.45, 2.75) is 79.3 Å². The molecule has 0 saturated heterocycles. The van der Waals surface area contributed by atoms with Crippen LogP contribution in [-0.2, 0) is 29.1 Å². The molecule has 13 heteroatoms. The van der Waals surface area contributed by atoms with Gasteiger partial charge >= 0.3 is 12.2 Å². The molecule has 1 aromatic carbocycles. The summed E-state index contributed by atoms with van der Waals surface area (Å²) in [5, 5.41) is 0. The van der Waals surface area contributed by atoms with Crippen LogP contribution < -0.4 is 10.5 Å². The zero-order chi connectivity index (χ0) is 37.1. The molecule has 0 aliphatic rings. The molecule has 0 aliphatic carbocycles. The number of H-pyrrole nitrogens is 1. The summed E-state index contributed by atoms with van der Waals surface area (Å²) in [4.78, 5) is 68.5. The lowest BCUT2D eigenvalue weighted by atomic mass is 10.2. The molecule has 0 aliphatic heterocycles. The van der Waals surface area contributed by atoms with Gasteiger partial charge in [0, 0.05) is 18.3 Å². The number of carbonyl (C=O) groups is 3. The maximum absolute atomic E-state index is 14.2. The Morgan fingerprint density at radius 1 is 0.863 bits per heavy atom. The highest BCUT2D eigenvalue weighted by Gasteiger charge is 2.35. The van der Waals surface area contributed by atoms with Gasteiger partial charge in [0.25, 0.3) is 11.5 Å². The second kappa shape index (κ2) is 14.6. The minimum atomic E-state index is -0.947. The van der Waals surface area contributed by atoms with Crippen molar-refractivity contribution in [2.75, 3.05) is 4.90 Å². The van der Waals surface area contributed by atoms with Crippen LogP contribution in [-0.4, -0.2) is 53.7 Å². The molecule has 0 atom stereocenters. The highest BCUT2D eigenvalue weighted by molar-refractivity contribution is 6.09. The van der Waals surface area contributed by atoms with Crippen molar-refractivity contribution in [3.63, 3.8) is 0 Å². The van der Waals surface area contributed by atoms with E-state index in [1.165, 1.54) is 28.8 Å². The van der Waals surface area contributed by atoms with Gasteiger partial charge < -0.3 is 19.4 Å². The van der Waals surface area contributed by atoms with Crippen LogP contribution in [0.5, 0.6) is 0 Å². The van der Waals surface area contributed by atoms with Gasteiger partial charge in [-0.3, -0.25) is 19.1 Å². The maximum atomic E-state index is 14.2. The number of rotatable bonds is 8. The van der Waals surface area contributed by atoms with Gasteiger partial charge in [-0.15, -0.1) is 0 Å². The number of pyridine rings is 3. The summed E-state index contributed by atoms with van der Waals surface area (Å²) in [5.41, 5.74) is 1.23. The second-order valence-corrected chi connectivity index (χ2v) is 14.1. The first-order chi connectivity index (χ1) is 24.0. The van der Waals surface area contributed by atoms with Crippen LogP contribution in [0.4, 0.5) is 19.8 Å². The SMILES string of the molecule is Cc1cc2[nH]c(Cn3c(C(=O)N(Cc4ccccc4)Cc4ccc(F)cn4)cccc3=O)cc2nc1N(C(=O)OC(C)(C)C)C(=O)OC(C)(C)C. The average molecular weight is 697 g/mol. The predicted molar refractivity (Wildman–Crippen MR) is 190 cm³/mol. The summed E-state index contributed by atoms with van der Waals surface area (Å²) in [6.45, 7) is 12.1. The number of nitrogens with zero attached hydrogens (tertiary/aromatic N) is 5. The van der Waals surface area contributed by atoms with E-state index in [0.29, 0.717) is 28.0 Å². The van der Waals surface area contributed by atoms with E-state index in [4.69, 9.17) is 9.47 Å². The van der Waals surface area contributed by atoms with Crippen LogP contribution in [0.1, 0.15) is 74.5 Å². The zero-order valence-electron chi connectivity index (χ0n) is 29.7. The van der Waals surface area contributed by atoms with Crippen molar-refractivity contribution in [1.82, 2.24) is 24.4 Å². The number of aromatic amines is 1. The normalized spacial score (nSPS) is 11.7. The van der Waals surface area contributed by atoms with Crippen LogP contribution >= 0.6 is 0 Å². The van der Waals surface area contributed by atoms with E-state index in [-0.39, 0.29) is 31.1 Å². The Hall–Kier alpha value is -5.85. The summed E-state index contributed by atoms with van der Waals surface area (Å²) in [5.74, 6) is -0.898. The Bertz CT molecular complexity index is 2090. The fourth-order valence-corrected chi connectivity index (χ4v) is 5.28. The number of aromatic nitrogens is 4. The first kappa shape index (κ1) is 36.4. The molecular formula is C38H41FN6O6. The molecule has 0 unspecified atom stereocenters. The average Bonchev–Trinajstić information content (AvgIpc) is 3.42. The van der Waals surface area contributed by atoms with Gasteiger partial charge in [-0.1, -0.05) is 36.4 Å². The van der Waals surface area contributed by atoms with Gasteiger partial charge in [0.1, 0.15) is 22.7 Å². The van der Waals surface area contributed by atoms with Crippen LogP contribution in [0.2, 0.25) is 0 Å². The van der Waals surface area contributed by atoms with Crippen molar-refractivity contribution in [3.8, 4) is 0 Å². The van der Waals surface area contributed by atoms with E-state index in [1.54, 1.807) is 71.6 Å². The lowest BCUT2D eigenvalue weighted by Gasteiger charge is -2.28. The number of benzene rings is 1. The standard InChI is InChI=1S/C38H41FN6O6/c1-24-18-29-30(42-33(24)45(35(48)50-37(2,3)4)36(49)51-38(5,6)7)19-28(41-29)23-44-31(14-11-15-32(44)46)34(47)43(21-25-12-9-8-10-13-25)22-27-17-16-26(39)20-40-27/h8-20,41H,21-23H2,1-7H3. The number of hydrogen-bond donors (Lipinski definition) is 1. The smallest absolute Gasteiger partial charge is 0.425 e. The zero-order valence-corrected chi connectivity index (χ0v) is 29.7. The van der Waals surface area contributed by atoms with Crippen LogP contribution in [0, 0.1) is 12.7 Å². The Kier molecular flexibility index (Phi) is 10.4. The van der Waals surface area contributed by atoms with E-state index in [1.807, 2.05) is 30.3 Å². The van der Waals surface area contributed by atoms with Gasteiger partial charge in [0.05, 0.1) is 36.0 Å². The van der Waals surface area contributed by atoms with Crippen LogP contribution in [0.15, 0.2) is 83.8 Å². The quantitative estimate of drug-likeness (QED) is 0.181. The third-order valence-electron chi connectivity index (χ3n) is 7.43. The number of anilines is 1. The fourth-order valence-electron chi connectivity index (χ4n) is 5.28. The summed E-state index contributed by atoms with van der Waals surface area (Å²) in [7, 11) is 0. The Labute approximate surface area is 294 Å². The number of hydrogen-bond acceptors (Lipinski definition) is 8. The minimum Gasteiger partial charge on any atom is -0.443 e. The second-order valence-electron chi connectivity index (χ2n) is 14.1.